The molecule has 0 spiro atoms. The molecule has 164 valence electrons. The molecule has 1 aromatic carbocycles. The number of nitrogens with zero attached hydrogens (tertiary/aromatic N) is 3. The van der Waals surface area contributed by atoms with Crippen LogP contribution in [0.4, 0.5) is 13.6 Å². The molecule has 0 unspecified atom stereocenters. The van der Waals surface area contributed by atoms with E-state index in [2.05, 4.69) is 4.90 Å². The van der Waals surface area contributed by atoms with Gasteiger partial charge < -0.3 is 9.64 Å². The molecule has 3 aliphatic heterocycles. The number of rotatable bonds is 3. The lowest BCUT2D eigenvalue weighted by Crippen LogP contribution is -2.54. The van der Waals surface area contributed by atoms with Crippen molar-refractivity contribution in [2.75, 3.05) is 19.6 Å². The summed E-state index contributed by atoms with van der Waals surface area (Å²) < 4.78 is 32.6. The fourth-order valence-corrected chi connectivity index (χ4v) is 4.84. The fourth-order valence-electron chi connectivity index (χ4n) is 4.84. The Balaban J connectivity index is 1.38. The van der Waals surface area contributed by atoms with Crippen LogP contribution in [0.15, 0.2) is 18.2 Å². The summed E-state index contributed by atoms with van der Waals surface area (Å²) >= 11 is 0. The second-order valence-corrected chi connectivity index (χ2v) is 9.53. The van der Waals surface area contributed by atoms with E-state index in [0.29, 0.717) is 38.2 Å². The van der Waals surface area contributed by atoms with E-state index >= 15 is 0 Å². The van der Waals surface area contributed by atoms with Crippen molar-refractivity contribution in [2.24, 2.45) is 0 Å². The van der Waals surface area contributed by atoms with E-state index in [-0.39, 0.29) is 18.0 Å². The largest absolute Gasteiger partial charge is 0.444 e. The SMILES string of the molecule is CC(C)(C)OC(=O)N1CCC[C@H]1C(=O)N1C[C@@H]2C[C@H]1CN2Cc1ccc(F)cc1F. The van der Waals surface area contributed by atoms with E-state index in [1.165, 1.54) is 12.1 Å². The molecule has 6 nitrogen and oxygen atoms in total. The smallest absolute Gasteiger partial charge is 0.410 e. The third kappa shape index (κ3) is 4.15. The quantitative estimate of drug-likeness (QED) is 0.753. The molecule has 8 heteroatoms. The lowest BCUT2D eigenvalue weighted by atomic mass is 10.1. The number of fused-ring (bicyclic) bond motifs is 2. The lowest BCUT2D eigenvalue weighted by molar-refractivity contribution is -0.138. The van der Waals surface area contributed by atoms with E-state index in [9.17, 15) is 18.4 Å². The van der Waals surface area contributed by atoms with Crippen molar-refractivity contribution in [1.29, 1.82) is 0 Å². The molecule has 0 aliphatic carbocycles. The minimum Gasteiger partial charge on any atom is -0.444 e. The average Bonchev–Trinajstić information content (AvgIpc) is 3.36. The fraction of sp³-hybridized carbons (Fsp3) is 0.636. The highest BCUT2D eigenvalue weighted by atomic mass is 19.1. The van der Waals surface area contributed by atoms with Gasteiger partial charge in [-0.1, -0.05) is 6.07 Å². The summed E-state index contributed by atoms with van der Waals surface area (Å²) in [5, 5.41) is 0. The summed E-state index contributed by atoms with van der Waals surface area (Å²) in [4.78, 5) is 31.4. The Morgan fingerprint density at radius 3 is 2.53 bits per heavy atom. The van der Waals surface area contributed by atoms with Gasteiger partial charge >= 0.3 is 6.09 Å². The first-order chi connectivity index (χ1) is 14.1. The molecule has 4 rings (SSSR count). The summed E-state index contributed by atoms with van der Waals surface area (Å²) in [5.41, 5.74) is -0.135. The molecule has 2 bridgehead atoms. The highest BCUT2D eigenvalue weighted by Gasteiger charge is 2.48. The molecule has 0 saturated carbocycles. The minimum atomic E-state index is -0.601. The number of piperazine rings is 1. The molecule has 3 fully saturated rings. The molecule has 3 heterocycles. The number of likely N-dealkylation sites (tertiary alicyclic amines) is 3. The van der Waals surface area contributed by atoms with Crippen LogP contribution in [0.25, 0.3) is 0 Å². The van der Waals surface area contributed by atoms with Gasteiger partial charge in [0.15, 0.2) is 0 Å². The Hall–Kier alpha value is -2.22. The first-order valence-corrected chi connectivity index (χ1v) is 10.6. The highest BCUT2D eigenvalue weighted by Crippen LogP contribution is 2.34. The molecular formula is C22H29F2N3O3. The molecule has 30 heavy (non-hydrogen) atoms. The monoisotopic (exact) mass is 421 g/mol. The Morgan fingerprint density at radius 1 is 1.13 bits per heavy atom. The van der Waals surface area contributed by atoms with E-state index in [4.69, 9.17) is 4.74 Å². The zero-order chi connectivity index (χ0) is 21.6. The van der Waals surface area contributed by atoms with Crippen molar-refractivity contribution < 1.29 is 23.1 Å². The van der Waals surface area contributed by atoms with Gasteiger partial charge in [-0.3, -0.25) is 14.6 Å². The van der Waals surface area contributed by atoms with Crippen LogP contribution in [0, 0.1) is 11.6 Å². The normalized spacial score (nSPS) is 26.5. The maximum atomic E-state index is 14.0. The summed E-state index contributed by atoms with van der Waals surface area (Å²) in [5.74, 6) is -1.13. The highest BCUT2D eigenvalue weighted by molar-refractivity contribution is 5.87. The van der Waals surface area contributed by atoms with Gasteiger partial charge in [-0.2, -0.15) is 0 Å². The zero-order valence-corrected chi connectivity index (χ0v) is 17.7. The predicted molar refractivity (Wildman–Crippen MR) is 107 cm³/mol. The molecule has 3 atom stereocenters. The van der Waals surface area contributed by atoms with Gasteiger partial charge in [0.2, 0.25) is 5.91 Å². The lowest BCUT2D eigenvalue weighted by Gasteiger charge is -2.37. The molecule has 0 aromatic heterocycles. The van der Waals surface area contributed by atoms with Crippen LogP contribution in [0.3, 0.4) is 0 Å². The molecule has 1 aromatic rings. The summed E-state index contributed by atoms with van der Waals surface area (Å²) in [7, 11) is 0. The first-order valence-electron chi connectivity index (χ1n) is 10.6. The van der Waals surface area contributed by atoms with Crippen molar-refractivity contribution in [3.63, 3.8) is 0 Å². The second-order valence-electron chi connectivity index (χ2n) is 9.53. The van der Waals surface area contributed by atoms with Crippen LogP contribution in [0.5, 0.6) is 0 Å². The van der Waals surface area contributed by atoms with Crippen molar-refractivity contribution in [3.05, 3.63) is 35.4 Å². The third-order valence-corrected chi connectivity index (χ3v) is 6.19. The minimum absolute atomic E-state index is 0.0153. The van der Waals surface area contributed by atoms with Crippen LogP contribution < -0.4 is 0 Å². The Bertz CT molecular complexity index is 841. The van der Waals surface area contributed by atoms with Gasteiger partial charge in [0.1, 0.15) is 23.3 Å². The number of hydrogen-bond donors (Lipinski definition) is 0. The molecule has 3 saturated heterocycles. The first kappa shape index (κ1) is 21.0. The number of benzene rings is 1. The van der Waals surface area contributed by atoms with E-state index in [1.807, 2.05) is 25.7 Å². The standard InChI is InChI=1S/C22H29F2N3O3/c1-22(2,3)30-21(29)26-8-4-5-19(26)20(28)27-13-16-10-17(27)12-25(16)11-14-6-7-15(23)9-18(14)24/h6-7,9,16-17,19H,4-5,8,10-13H2,1-3H3/t16-,17-,19-/m0/s1. The van der Waals surface area contributed by atoms with Crippen molar-refractivity contribution in [1.82, 2.24) is 14.7 Å². The van der Waals surface area contributed by atoms with Crippen molar-refractivity contribution in [2.45, 2.75) is 70.3 Å². The number of ether oxygens (including phenoxy) is 1. The topological polar surface area (TPSA) is 53.1 Å². The van der Waals surface area contributed by atoms with Crippen LogP contribution in [0.1, 0.15) is 45.6 Å². The van der Waals surface area contributed by atoms with Crippen molar-refractivity contribution >= 4 is 12.0 Å². The average molecular weight is 421 g/mol. The van der Waals surface area contributed by atoms with Crippen LogP contribution in [-0.2, 0) is 16.1 Å². The van der Waals surface area contributed by atoms with Gasteiger partial charge in [0.25, 0.3) is 0 Å². The molecule has 3 aliphatic rings. The number of carbonyl (C=O) groups is 2. The summed E-state index contributed by atoms with van der Waals surface area (Å²) in [6, 6.07) is 3.41. The number of hydrogen-bond acceptors (Lipinski definition) is 4. The van der Waals surface area contributed by atoms with Gasteiger partial charge in [-0.05, 0) is 46.1 Å². The van der Waals surface area contributed by atoms with Crippen LogP contribution in [-0.4, -0.2) is 70.1 Å². The van der Waals surface area contributed by atoms with Gasteiger partial charge in [0, 0.05) is 49.9 Å². The number of carbonyl (C=O) groups excluding carboxylic acids is 2. The van der Waals surface area contributed by atoms with Gasteiger partial charge in [-0.25, -0.2) is 13.6 Å². The Labute approximate surface area is 175 Å². The second kappa shape index (κ2) is 7.80. The molecule has 0 radical (unpaired) electrons. The maximum Gasteiger partial charge on any atom is 0.410 e. The summed E-state index contributed by atoms with van der Waals surface area (Å²) in [6.07, 6.45) is 1.84. The number of amides is 2. The Morgan fingerprint density at radius 2 is 1.90 bits per heavy atom. The molecular weight excluding hydrogens is 392 g/mol. The van der Waals surface area contributed by atoms with Gasteiger partial charge in [-0.15, -0.1) is 0 Å². The predicted octanol–water partition coefficient (Wildman–Crippen LogP) is 3.15. The number of halogens is 2. The summed E-state index contributed by atoms with van der Waals surface area (Å²) in [6.45, 7) is 7.62. The Kier molecular flexibility index (Phi) is 5.46. The van der Waals surface area contributed by atoms with Crippen molar-refractivity contribution in [3.8, 4) is 0 Å². The van der Waals surface area contributed by atoms with E-state index < -0.39 is 29.4 Å². The van der Waals surface area contributed by atoms with E-state index in [1.54, 1.807) is 4.90 Å². The van der Waals surface area contributed by atoms with Crippen LogP contribution >= 0.6 is 0 Å². The van der Waals surface area contributed by atoms with Gasteiger partial charge in [0.05, 0.1) is 0 Å². The molecule has 2 amide bonds. The zero-order valence-electron chi connectivity index (χ0n) is 17.7. The van der Waals surface area contributed by atoms with Crippen LogP contribution in [0.2, 0.25) is 0 Å². The molecule has 0 N–H and O–H groups in total. The van der Waals surface area contributed by atoms with E-state index in [0.717, 1.165) is 18.9 Å². The third-order valence-electron chi connectivity index (χ3n) is 6.19. The maximum absolute atomic E-state index is 14.0.